The van der Waals surface area contributed by atoms with Crippen LogP contribution in [0.1, 0.15) is 22.8 Å². The smallest absolute Gasteiger partial charge is 0.258 e. The molecule has 19 heavy (non-hydrogen) atoms. The molecule has 6 nitrogen and oxygen atoms in total. The summed E-state index contributed by atoms with van der Waals surface area (Å²) >= 11 is 0. The number of methoxy groups -OCH3 is 1. The number of carbonyl (C=O) groups excluding carboxylic acids is 1. The molecular weight excluding hydrogens is 246 g/mol. The van der Waals surface area contributed by atoms with Gasteiger partial charge < -0.3 is 14.5 Å². The summed E-state index contributed by atoms with van der Waals surface area (Å²) in [6.07, 6.45) is 5.64. The molecule has 2 aromatic heterocycles. The Balaban J connectivity index is 2.00. The van der Waals surface area contributed by atoms with E-state index in [0.717, 1.165) is 5.56 Å². The van der Waals surface area contributed by atoms with Crippen molar-refractivity contribution in [3.8, 4) is 5.88 Å². The van der Waals surface area contributed by atoms with Crippen LogP contribution < -0.4 is 10.1 Å². The average Bonchev–Trinajstić information content (AvgIpc) is 2.97. The normalized spacial score (nSPS) is 12.2. The number of aryl methyl sites for hydroxylation is 1. The zero-order valence-electron chi connectivity index (χ0n) is 11.2. The Hall–Kier alpha value is -2.24. The predicted molar refractivity (Wildman–Crippen MR) is 69.1 cm³/mol. The molecule has 0 saturated heterocycles. The quantitative estimate of drug-likeness (QED) is 0.885. The number of aromatic nitrogens is 2. The SMILES string of the molecule is COc1nn(C)cc1C(=O)N[C@H](C)Cc1ccoc1. The Bertz CT molecular complexity index is 545. The third kappa shape index (κ3) is 3.15. The zero-order chi connectivity index (χ0) is 13.8. The van der Waals surface area contributed by atoms with E-state index >= 15 is 0 Å². The summed E-state index contributed by atoms with van der Waals surface area (Å²) < 4.78 is 11.6. The van der Waals surface area contributed by atoms with Crippen molar-refractivity contribution in [2.45, 2.75) is 19.4 Å². The molecule has 0 spiro atoms. The van der Waals surface area contributed by atoms with Crippen LogP contribution in [-0.4, -0.2) is 28.8 Å². The van der Waals surface area contributed by atoms with Crippen molar-refractivity contribution in [2.75, 3.05) is 7.11 Å². The van der Waals surface area contributed by atoms with Crippen molar-refractivity contribution >= 4 is 5.91 Å². The molecule has 0 aliphatic carbocycles. The van der Waals surface area contributed by atoms with Crippen LogP contribution in [0.15, 0.2) is 29.2 Å². The molecule has 1 atom stereocenters. The van der Waals surface area contributed by atoms with Gasteiger partial charge in [0.1, 0.15) is 5.56 Å². The maximum Gasteiger partial charge on any atom is 0.258 e. The van der Waals surface area contributed by atoms with Gasteiger partial charge in [0.25, 0.3) is 5.91 Å². The molecular formula is C13H17N3O3. The van der Waals surface area contributed by atoms with E-state index in [0.29, 0.717) is 17.9 Å². The van der Waals surface area contributed by atoms with Gasteiger partial charge in [-0.25, -0.2) is 0 Å². The van der Waals surface area contributed by atoms with Crippen LogP contribution in [-0.2, 0) is 13.5 Å². The van der Waals surface area contributed by atoms with Gasteiger partial charge in [-0.3, -0.25) is 9.48 Å². The van der Waals surface area contributed by atoms with Gasteiger partial charge in [-0.05, 0) is 25.0 Å². The molecule has 1 N–H and O–H groups in total. The highest BCUT2D eigenvalue weighted by Gasteiger charge is 2.18. The third-order valence-corrected chi connectivity index (χ3v) is 2.73. The van der Waals surface area contributed by atoms with E-state index in [9.17, 15) is 4.79 Å². The molecule has 0 aliphatic rings. The second-order valence-corrected chi connectivity index (χ2v) is 4.44. The Morgan fingerprint density at radius 3 is 3.05 bits per heavy atom. The number of rotatable bonds is 5. The Morgan fingerprint density at radius 2 is 2.42 bits per heavy atom. The van der Waals surface area contributed by atoms with Crippen LogP contribution in [0.25, 0.3) is 0 Å². The number of carbonyl (C=O) groups is 1. The molecule has 2 heterocycles. The topological polar surface area (TPSA) is 69.3 Å². The zero-order valence-corrected chi connectivity index (χ0v) is 11.2. The highest BCUT2D eigenvalue weighted by Crippen LogP contribution is 2.15. The van der Waals surface area contributed by atoms with Crippen LogP contribution in [0, 0.1) is 0 Å². The molecule has 0 saturated carbocycles. The minimum Gasteiger partial charge on any atom is -0.479 e. The van der Waals surface area contributed by atoms with Crippen LogP contribution in [0.4, 0.5) is 0 Å². The first kappa shape index (κ1) is 13.2. The predicted octanol–water partition coefficient (Wildman–Crippen LogP) is 1.38. The lowest BCUT2D eigenvalue weighted by Crippen LogP contribution is -2.34. The largest absolute Gasteiger partial charge is 0.479 e. The lowest BCUT2D eigenvalue weighted by Gasteiger charge is -2.12. The van der Waals surface area contributed by atoms with E-state index in [1.165, 1.54) is 7.11 Å². The standard InChI is InChI=1S/C13H17N3O3/c1-9(6-10-4-5-19-8-10)14-12(17)11-7-16(2)15-13(11)18-3/h4-5,7-9H,6H2,1-3H3,(H,14,17)/t9-/m1/s1. The molecule has 0 unspecified atom stereocenters. The monoisotopic (exact) mass is 263 g/mol. The van der Waals surface area contributed by atoms with E-state index < -0.39 is 0 Å². The summed E-state index contributed by atoms with van der Waals surface area (Å²) in [6.45, 7) is 1.94. The molecule has 0 radical (unpaired) electrons. The maximum atomic E-state index is 12.1. The van der Waals surface area contributed by atoms with E-state index in [-0.39, 0.29) is 11.9 Å². The van der Waals surface area contributed by atoms with Crippen molar-refractivity contribution in [1.29, 1.82) is 0 Å². The van der Waals surface area contributed by atoms with Crippen molar-refractivity contribution in [2.24, 2.45) is 7.05 Å². The number of hydrogen-bond acceptors (Lipinski definition) is 4. The molecule has 102 valence electrons. The van der Waals surface area contributed by atoms with Crippen LogP contribution in [0.5, 0.6) is 5.88 Å². The molecule has 6 heteroatoms. The molecule has 0 aromatic carbocycles. The summed E-state index contributed by atoms with van der Waals surface area (Å²) in [5.74, 6) is 0.136. The van der Waals surface area contributed by atoms with Gasteiger partial charge in [0.15, 0.2) is 0 Å². The number of furan rings is 1. The van der Waals surface area contributed by atoms with Gasteiger partial charge in [-0.15, -0.1) is 5.10 Å². The summed E-state index contributed by atoms with van der Waals surface area (Å²) in [7, 11) is 3.24. The fourth-order valence-electron chi connectivity index (χ4n) is 1.89. The first-order chi connectivity index (χ1) is 9.10. The van der Waals surface area contributed by atoms with Crippen LogP contribution in [0.3, 0.4) is 0 Å². The molecule has 0 aliphatic heterocycles. The highest BCUT2D eigenvalue weighted by molar-refractivity contribution is 5.96. The number of nitrogens with zero attached hydrogens (tertiary/aromatic N) is 2. The summed E-state index contributed by atoms with van der Waals surface area (Å²) in [6, 6.07) is 1.88. The van der Waals surface area contributed by atoms with Gasteiger partial charge in [0.2, 0.25) is 5.88 Å². The van der Waals surface area contributed by atoms with Crippen molar-refractivity contribution in [3.05, 3.63) is 35.9 Å². The Labute approximate surface area is 111 Å². The molecule has 2 rings (SSSR count). The third-order valence-electron chi connectivity index (χ3n) is 2.73. The molecule has 1 amide bonds. The summed E-state index contributed by atoms with van der Waals surface area (Å²) in [5.41, 5.74) is 1.48. The number of ether oxygens (including phenoxy) is 1. The van der Waals surface area contributed by atoms with Gasteiger partial charge in [0.05, 0.1) is 19.6 Å². The second-order valence-electron chi connectivity index (χ2n) is 4.44. The van der Waals surface area contributed by atoms with Crippen molar-refractivity contribution in [3.63, 3.8) is 0 Å². The van der Waals surface area contributed by atoms with E-state index in [2.05, 4.69) is 10.4 Å². The first-order valence-electron chi connectivity index (χ1n) is 5.99. The molecule has 0 fully saturated rings. The molecule has 2 aromatic rings. The minimum atomic E-state index is -0.194. The Morgan fingerprint density at radius 1 is 1.63 bits per heavy atom. The highest BCUT2D eigenvalue weighted by atomic mass is 16.5. The number of hydrogen-bond donors (Lipinski definition) is 1. The van der Waals surface area contributed by atoms with Gasteiger partial charge in [0, 0.05) is 19.3 Å². The van der Waals surface area contributed by atoms with E-state index in [4.69, 9.17) is 9.15 Å². The number of amides is 1. The van der Waals surface area contributed by atoms with Crippen molar-refractivity contribution < 1.29 is 13.9 Å². The van der Waals surface area contributed by atoms with Crippen molar-refractivity contribution in [1.82, 2.24) is 15.1 Å². The van der Waals surface area contributed by atoms with E-state index in [1.807, 2.05) is 13.0 Å². The molecule has 0 bridgehead atoms. The summed E-state index contributed by atoms with van der Waals surface area (Å²) in [5, 5.41) is 6.96. The maximum absolute atomic E-state index is 12.1. The summed E-state index contributed by atoms with van der Waals surface area (Å²) in [4.78, 5) is 12.1. The van der Waals surface area contributed by atoms with Gasteiger partial charge in [-0.1, -0.05) is 0 Å². The average molecular weight is 263 g/mol. The first-order valence-corrected chi connectivity index (χ1v) is 5.99. The lowest BCUT2D eigenvalue weighted by molar-refractivity contribution is 0.0937. The van der Waals surface area contributed by atoms with Crippen LogP contribution in [0.2, 0.25) is 0 Å². The van der Waals surface area contributed by atoms with Gasteiger partial charge in [-0.2, -0.15) is 0 Å². The number of nitrogens with one attached hydrogen (secondary N) is 1. The fourth-order valence-corrected chi connectivity index (χ4v) is 1.89. The van der Waals surface area contributed by atoms with E-state index in [1.54, 1.807) is 30.5 Å². The lowest BCUT2D eigenvalue weighted by atomic mass is 10.1. The van der Waals surface area contributed by atoms with Crippen LogP contribution >= 0.6 is 0 Å². The fraction of sp³-hybridized carbons (Fsp3) is 0.385. The van der Waals surface area contributed by atoms with Gasteiger partial charge >= 0.3 is 0 Å². The second kappa shape index (κ2) is 5.60. The minimum absolute atomic E-state index is 0.00462. The Kier molecular flexibility index (Phi) is 3.89.